The number of piperazine rings is 1. The number of hydrogen-bond acceptors (Lipinski definition) is 7. The minimum atomic E-state index is -0.682. The maximum atomic E-state index is 12.6. The molecule has 4 aliphatic carbocycles. The Kier molecular flexibility index (Phi) is 7.05. The van der Waals surface area contributed by atoms with Crippen molar-refractivity contribution in [3.05, 3.63) is 11.6 Å². The van der Waals surface area contributed by atoms with Gasteiger partial charge in [-0.25, -0.2) is 9.59 Å². The van der Waals surface area contributed by atoms with Crippen LogP contribution in [0, 0.1) is 34.5 Å². The molecule has 8 nitrogen and oxygen atoms in total. The molecule has 0 bridgehead atoms. The van der Waals surface area contributed by atoms with Gasteiger partial charge in [-0.15, -0.1) is 0 Å². The SMILES string of the molecule is C[C@]12CC[C@H](OC(=O)NCCN3CCNCC3)C[C@H]1CC[C@@H]1[C@@H]2CC[C@]2(C)[C@@H](C3=CC(=O)OC3)CC[C@]12O. The maximum Gasteiger partial charge on any atom is 0.407 e. The molecule has 3 N–H and O–H groups in total. The van der Waals surface area contributed by atoms with Gasteiger partial charge >= 0.3 is 12.1 Å². The van der Waals surface area contributed by atoms with Crippen LogP contribution in [-0.2, 0) is 14.3 Å². The summed E-state index contributed by atoms with van der Waals surface area (Å²) in [5, 5.41) is 18.7. The average Bonchev–Trinajstić information content (AvgIpc) is 3.44. The van der Waals surface area contributed by atoms with Gasteiger partial charge < -0.3 is 25.2 Å². The Morgan fingerprint density at radius 2 is 1.95 bits per heavy atom. The van der Waals surface area contributed by atoms with Crippen LogP contribution in [0.5, 0.6) is 0 Å². The van der Waals surface area contributed by atoms with Crippen LogP contribution in [0.4, 0.5) is 4.79 Å². The van der Waals surface area contributed by atoms with Gasteiger partial charge in [-0.05, 0) is 92.4 Å². The number of nitrogens with one attached hydrogen (secondary N) is 2. The number of cyclic esters (lactones) is 1. The minimum absolute atomic E-state index is 0.0107. The zero-order valence-corrected chi connectivity index (χ0v) is 23.3. The minimum Gasteiger partial charge on any atom is -0.458 e. The molecule has 0 radical (unpaired) electrons. The molecule has 8 heteroatoms. The first-order valence-corrected chi connectivity index (χ1v) is 15.2. The predicted molar refractivity (Wildman–Crippen MR) is 143 cm³/mol. The van der Waals surface area contributed by atoms with Crippen LogP contribution < -0.4 is 10.6 Å². The standard InChI is InChI=1S/C30H47N3O5/c1-28-8-5-22(38-27(35)32-13-16-33-14-11-31-12-15-33)18-21(28)3-4-25-24(28)6-9-29(2)23(7-10-30(25,29)36)20-17-26(34)37-19-20/h17,21-25,31,36H,3-16,18-19H2,1-2H3,(H,32,35)/t21-,22+,23-,24+,25-,28+,29-,30+/m1/s1. The molecule has 6 rings (SSSR count). The van der Waals surface area contributed by atoms with Crippen molar-refractivity contribution in [3.8, 4) is 0 Å². The van der Waals surface area contributed by atoms with Crippen LogP contribution in [0.25, 0.3) is 0 Å². The molecule has 8 atom stereocenters. The second-order valence-electron chi connectivity index (χ2n) is 13.6. The summed E-state index contributed by atoms with van der Waals surface area (Å²) in [6.45, 7) is 10.7. The van der Waals surface area contributed by atoms with E-state index in [0.29, 0.717) is 30.9 Å². The molecule has 5 fully saturated rings. The molecule has 4 saturated carbocycles. The first-order chi connectivity index (χ1) is 18.2. The molecule has 2 heterocycles. The van der Waals surface area contributed by atoms with Crippen LogP contribution in [-0.4, -0.2) is 79.6 Å². The van der Waals surface area contributed by atoms with Gasteiger partial charge in [0.25, 0.3) is 0 Å². The van der Waals surface area contributed by atoms with E-state index in [1.165, 1.54) is 0 Å². The number of esters is 1. The number of amides is 1. The summed E-state index contributed by atoms with van der Waals surface area (Å²) in [7, 11) is 0. The number of nitrogens with zero attached hydrogens (tertiary/aromatic N) is 1. The van der Waals surface area contributed by atoms with Gasteiger partial charge in [-0.2, -0.15) is 0 Å². The van der Waals surface area contributed by atoms with E-state index in [4.69, 9.17) is 9.47 Å². The lowest BCUT2D eigenvalue weighted by Crippen LogP contribution is -2.62. The lowest BCUT2D eigenvalue weighted by atomic mass is 9.43. The summed E-state index contributed by atoms with van der Waals surface area (Å²) in [4.78, 5) is 26.7. The lowest BCUT2D eigenvalue weighted by molar-refractivity contribution is -0.208. The normalized spacial score (nSPS) is 44.9. The zero-order valence-electron chi connectivity index (χ0n) is 23.3. The van der Waals surface area contributed by atoms with Crippen molar-refractivity contribution in [2.24, 2.45) is 34.5 Å². The number of alkyl carbamates (subject to hydrolysis) is 1. The van der Waals surface area contributed by atoms with Gasteiger partial charge in [0.2, 0.25) is 0 Å². The van der Waals surface area contributed by atoms with Crippen molar-refractivity contribution in [2.45, 2.75) is 83.3 Å². The van der Waals surface area contributed by atoms with E-state index < -0.39 is 5.60 Å². The van der Waals surface area contributed by atoms with Crippen molar-refractivity contribution in [2.75, 3.05) is 45.9 Å². The molecule has 38 heavy (non-hydrogen) atoms. The van der Waals surface area contributed by atoms with Gasteiger partial charge in [-0.1, -0.05) is 13.8 Å². The van der Waals surface area contributed by atoms with Crippen molar-refractivity contribution < 1.29 is 24.2 Å². The van der Waals surface area contributed by atoms with Crippen molar-refractivity contribution in [1.29, 1.82) is 0 Å². The number of rotatable bonds is 5. The van der Waals surface area contributed by atoms with Crippen LogP contribution in [0.15, 0.2) is 11.6 Å². The molecule has 0 spiro atoms. The number of fused-ring (bicyclic) bond motifs is 5. The Labute approximate surface area is 227 Å². The molecular weight excluding hydrogens is 482 g/mol. The molecule has 1 amide bonds. The summed E-state index contributed by atoms with van der Waals surface area (Å²) >= 11 is 0. The number of hydrogen-bond donors (Lipinski definition) is 3. The second-order valence-corrected chi connectivity index (χ2v) is 13.6. The average molecular weight is 530 g/mol. The Hall–Kier alpha value is -1.64. The molecule has 0 aromatic heterocycles. The van der Waals surface area contributed by atoms with Crippen molar-refractivity contribution >= 4 is 12.1 Å². The third kappa shape index (κ3) is 4.39. The summed E-state index contributed by atoms with van der Waals surface area (Å²) < 4.78 is 11.2. The summed E-state index contributed by atoms with van der Waals surface area (Å²) in [6.07, 6.45) is 10.3. The third-order valence-corrected chi connectivity index (χ3v) is 12.1. The van der Waals surface area contributed by atoms with E-state index in [2.05, 4.69) is 29.4 Å². The molecular formula is C30H47N3O5. The van der Waals surface area contributed by atoms with Gasteiger partial charge in [0.15, 0.2) is 0 Å². The Bertz CT molecular complexity index is 966. The van der Waals surface area contributed by atoms with Crippen LogP contribution >= 0.6 is 0 Å². The van der Waals surface area contributed by atoms with Gasteiger partial charge in [0.05, 0.1) is 5.60 Å². The summed E-state index contributed by atoms with van der Waals surface area (Å²) in [5.41, 5.74) is 0.400. The largest absolute Gasteiger partial charge is 0.458 e. The fourth-order valence-electron chi connectivity index (χ4n) is 9.92. The van der Waals surface area contributed by atoms with Crippen LogP contribution in [0.1, 0.15) is 71.6 Å². The number of aliphatic hydroxyl groups is 1. The summed E-state index contributed by atoms with van der Waals surface area (Å²) in [5.74, 6) is 1.34. The fraction of sp³-hybridized carbons (Fsp3) is 0.867. The molecule has 0 unspecified atom stereocenters. The van der Waals surface area contributed by atoms with Crippen molar-refractivity contribution in [3.63, 3.8) is 0 Å². The quantitative estimate of drug-likeness (QED) is 0.470. The molecule has 0 aromatic carbocycles. The lowest BCUT2D eigenvalue weighted by Gasteiger charge is -2.63. The first-order valence-electron chi connectivity index (χ1n) is 15.2. The van der Waals surface area contributed by atoms with E-state index in [0.717, 1.165) is 96.1 Å². The first kappa shape index (κ1) is 26.6. The highest BCUT2D eigenvalue weighted by atomic mass is 16.6. The zero-order chi connectivity index (χ0) is 26.5. The summed E-state index contributed by atoms with van der Waals surface area (Å²) in [6, 6.07) is 0. The Balaban J connectivity index is 1.06. The van der Waals surface area contributed by atoms with Gasteiger partial charge in [-0.3, -0.25) is 4.90 Å². The second kappa shape index (κ2) is 10.1. The number of carbonyl (C=O) groups excluding carboxylic acids is 2. The smallest absolute Gasteiger partial charge is 0.407 e. The Morgan fingerprint density at radius 1 is 1.13 bits per heavy atom. The van der Waals surface area contributed by atoms with Gasteiger partial charge in [0.1, 0.15) is 12.7 Å². The molecule has 2 aliphatic heterocycles. The monoisotopic (exact) mass is 529 g/mol. The third-order valence-electron chi connectivity index (χ3n) is 12.1. The van der Waals surface area contributed by atoms with E-state index in [-0.39, 0.29) is 34.9 Å². The fourth-order valence-corrected chi connectivity index (χ4v) is 9.92. The number of ether oxygens (including phenoxy) is 2. The highest BCUT2D eigenvalue weighted by Gasteiger charge is 2.67. The topological polar surface area (TPSA) is 100 Å². The molecule has 1 saturated heterocycles. The van der Waals surface area contributed by atoms with Crippen LogP contribution in [0.2, 0.25) is 0 Å². The Morgan fingerprint density at radius 3 is 2.71 bits per heavy atom. The maximum absolute atomic E-state index is 12.6. The molecule has 6 aliphatic rings. The molecule has 212 valence electrons. The van der Waals surface area contributed by atoms with E-state index in [1.54, 1.807) is 6.08 Å². The molecule has 0 aromatic rings. The highest BCUT2D eigenvalue weighted by molar-refractivity contribution is 5.85. The van der Waals surface area contributed by atoms with Gasteiger partial charge in [0, 0.05) is 50.8 Å². The predicted octanol–water partition coefficient (Wildman–Crippen LogP) is 3.24. The number of carbonyl (C=O) groups is 2. The van der Waals surface area contributed by atoms with E-state index in [9.17, 15) is 14.7 Å². The highest BCUT2D eigenvalue weighted by Crippen LogP contribution is 2.70. The van der Waals surface area contributed by atoms with E-state index in [1.807, 2.05) is 0 Å². The van der Waals surface area contributed by atoms with E-state index >= 15 is 0 Å². The van der Waals surface area contributed by atoms with Crippen molar-refractivity contribution in [1.82, 2.24) is 15.5 Å². The van der Waals surface area contributed by atoms with Crippen LogP contribution in [0.3, 0.4) is 0 Å².